The lowest BCUT2D eigenvalue weighted by Crippen LogP contribution is -1.94. The minimum Gasteiger partial charge on any atom is -0.496 e. The number of hydrogen-bond donors (Lipinski definition) is 0. The zero-order valence-corrected chi connectivity index (χ0v) is 28.5. The van der Waals surface area contributed by atoms with Gasteiger partial charge in [0, 0.05) is 11.8 Å². The average molecular weight is 665 g/mol. The summed E-state index contributed by atoms with van der Waals surface area (Å²) in [5.74, 6) is 0.777. The Morgan fingerprint density at radius 3 is 1.62 bits per heavy atom. The molecule has 1 aliphatic carbocycles. The van der Waals surface area contributed by atoms with Gasteiger partial charge in [-0.15, -0.1) is 0 Å². The second-order valence-electron chi connectivity index (χ2n) is 13.2. The highest BCUT2D eigenvalue weighted by molar-refractivity contribution is 6.28. The first-order valence-corrected chi connectivity index (χ1v) is 17.6. The molecule has 244 valence electrons. The minimum atomic E-state index is 0.777. The maximum absolute atomic E-state index is 6.05. The summed E-state index contributed by atoms with van der Waals surface area (Å²) in [6.45, 7) is 0. The van der Waals surface area contributed by atoms with Gasteiger partial charge in [0.25, 0.3) is 0 Å². The number of hydrogen-bond acceptors (Lipinski definition) is 3. The van der Waals surface area contributed by atoms with E-state index in [1.54, 1.807) is 13.3 Å². The van der Waals surface area contributed by atoms with Crippen molar-refractivity contribution in [2.24, 2.45) is 0 Å². The first-order chi connectivity index (χ1) is 25.8. The Kier molecular flexibility index (Phi) is 7.04. The van der Waals surface area contributed by atoms with Crippen molar-refractivity contribution < 1.29 is 4.74 Å². The molecule has 9 aromatic rings. The molecule has 0 atom stereocenters. The number of ether oxygens (including phenoxy) is 1. The number of pyridine rings is 2. The van der Waals surface area contributed by atoms with Crippen LogP contribution in [-0.4, -0.2) is 17.1 Å². The third-order valence-electron chi connectivity index (χ3n) is 10.4. The lowest BCUT2D eigenvalue weighted by atomic mass is 9.82. The predicted octanol–water partition coefficient (Wildman–Crippen LogP) is 12.8. The Morgan fingerprint density at radius 2 is 0.942 bits per heavy atom. The van der Waals surface area contributed by atoms with Gasteiger partial charge in [0.1, 0.15) is 5.75 Å². The molecule has 0 N–H and O–H groups in total. The van der Waals surface area contributed by atoms with Crippen LogP contribution in [0.1, 0.15) is 0 Å². The van der Waals surface area contributed by atoms with Crippen LogP contribution in [-0.2, 0) is 0 Å². The molecule has 10 rings (SSSR count). The maximum atomic E-state index is 6.05. The van der Waals surface area contributed by atoms with Crippen LogP contribution in [0.15, 0.2) is 176 Å². The third-order valence-corrected chi connectivity index (χ3v) is 10.4. The highest BCUT2D eigenvalue weighted by Gasteiger charge is 2.31. The molecule has 0 saturated carbocycles. The van der Waals surface area contributed by atoms with Gasteiger partial charge in [-0.3, -0.25) is 4.98 Å². The fourth-order valence-electron chi connectivity index (χ4n) is 8.17. The second-order valence-corrected chi connectivity index (χ2v) is 13.2. The summed E-state index contributed by atoms with van der Waals surface area (Å²) in [5.41, 5.74) is 15.9. The van der Waals surface area contributed by atoms with Gasteiger partial charge in [-0.2, -0.15) is 0 Å². The minimum absolute atomic E-state index is 0.777. The van der Waals surface area contributed by atoms with E-state index < -0.39 is 0 Å². The molecule has 3 heteroatoms. The molecule has 2 heterocycles. The number of methoxy groups -OCH3 is 1. The molecule has 0 amide bonds. The smallest absolute Gasteiger partial charge is 0.128 e. The van der Waals surface area contributed by atoms with E-state index in [0.29, 0.717) is 0 Å². The third kappa shape index (κ3) is 4.67. The van der Waals surface area contributed by atoms with Gasteiger partial charge < -0.3 is 4.74 Å². The normalized spacial score (nSPS) is 11.6. The summed E-state index contributed by atoms with van der Waals surface area (Å²) < 4.78 is 6.05. The molecule has 3 nitrogen and oxygen atoms in total. The van der Waals surface area contributed by atoms with Crippen molar-refractivity contribution in [2.45, 2.75) is 0 Å². The topological polar surface area (TPSA) is 35.0 Å². The van der Waals surface area contributed by atoms with Gasteiger partial charge in [0.2, 0.25) is 0 Å². The summed E-state index contributed by atoms with van der Waals surface area (Å²) >= 11 is 0. The van der Waals surface area contributed by atoms with Crippen LogP contribution in [0.2, 0.25) is 0 Å². The zero-order valence-electron chi connectivity index (χ0n) is 28.5. The van der Waals surface area contributed by atoms with E-state index in [1.165, 1.54) is 71.6 Å². The van der Waals surface area contributed by atoms with Gasteiger partial charge >= 0.3 is 0 Å². The highest BCUT2D eigenvalue weighted by Crippen LogP contribution is 2.58. The molecule has 52 heavy (non-hydrogen) atoms. The van der Waals surface area contributed by atoms with Crippen LogP contribution in [0.4, 0.5) is 0 Å². The first-order valence-electron chi connectivity index (χ1n) is 17.6. The zero-order chi connectivity index (χ0) is 34.6. The monoisotopic (exact) mass is 664 g/mol. The van der Waals surface area contributed by atoms with E-state index in [1.807, 2.05) is 36.4 Å². The van der Waals surface area contributed by atoms with Crippen LogP contribution in [0.25, 0.3) is 99.8 Å². The molecule has 0 unspecified atom stereocenters. The highest BCUT2D eigenvalue weighted by atomic mass is 16.5. The van der Waals surface area contributed by atoms with E-state index in [-0.39, 0.29) is 0 Å². The Labute approximate surface area is 302 Å². The molecule has 1 aliphatic rings. The summed E-state index contributed by atoms with van der Waals surface area (Å²) in [6, 6.07) is 60.4. The van der Waals surface area contributed by atoms with Crippen LogP contribution >= 0.6 is 0 Å². The summed E-state index contributed by atoms with van der Waals surface area (Å²) in [6.07, 6.45) is 1.79. The van der Waals surface area contributed by atoms with Crippen molar-refractivity contribution in [1.29, 1.82) is 0 Å². The molecule has 0 bridgehead atoms. The number of nitrogens with zero attached hydrogens (tertiary/aromatic N) is 2. The van der Waals surface area contributed by atoms with Gasteiger partial charge in [-0.25, -0.2) is 4.98 Å². The standard InChI is InChI=1S/C49H32N2O/c1-52-44-30-33(25-26-38(44)41-23-13-24-43(51-41)42-22-10-11-29-50-42)34-27-28-40-47-35(34)20-12-21-39(47)48-45(31-14-4-2-5-15-31)36-18-8-9-19-37(36)46(49(40)48)32-16-6-3-7-17-32/h2-30H,1H3. The molecular weight excluding hydrogens is 633 g/mol. The molecule has 0 spiro atoms. The Hall–Kier alpha value is -6.84. The molecule has 7 aromatic carbocycles. The van der Waals surface area contributed by atoms with Gasteiger partial charge in [0.15, 0.2) is 0 Å². The van der Waals surface area contributed by atoms with Crippen LogP contribution in [0.3, 0.4) is 0 Å². The lowest BCUT2D eigenvalue weighted by molar-refractivity contribution is 0.416. The van der Waals surface area contributed by atoms with E-state index >= 15 is 0 Å². The molecule has 0 saturated heterocycles. The lowest BCUT2D eigenvalue weighted by Gasteiger charge is -2.20. The fourth-order valence-corrected chi connectivity index (χ4v) is 8.17. The Morgan fingerprint density at radius 1 is 0.385 bits per heavy atom. The summed E-state index contributed by atoms with van der Waals surface area (Å²) in [7, 11) is 1.73. The fraction of sp³-hybridized carbons (Fsp3) is 0.0204. The van der Waals surface area contributed by atoms with E-state index in [4.69, 9.17) is 9.72 Å². The molecule has 0 aliphatic heterocycles. The second kappa shape index (κ2) is 12.2. The SMILES string of the molecule is COc1cc(-c2ccc3c4c(cccc24)-c2c-3c(-c3ccccc3)c3ccccc3c2-c2ccccc2)ccc1-c1cccc(-c2ccccn2)n1. The van der Waals surface area contributed by atoms with Crippen LogP contribution < -0.4 is 4.74 Å². The van der Waals surface area contributed by atoms with Crippen molar-refractivity contribution in [2.75, 3.05) is 7.11 Å². The number of fused-ring (bicyclic) bond motifs is 4. The summed E-state index contributed by atoms with van der Waals surface area (Å²) in [4.78, 5) is 9.49. The molecule has 2 aromatic heterocycles. The quantitative estimate of drug-likeness (QED) is 0.177. The van der Waals surface area contributed by atoms with Crippen LogP contribution in [0, 0.1) is 0 Å². The van der Waals surface area contributed by atoms with Gasteiger partial charge in [0.05, 0.1) is 24.2 Å². The molecule has 0 fully saturated rings. The summed E-state index contributed by atoms with van der Waals surface area (Å²) in [5, 5.41) is 5.03. The van der Waals surface area contributed by atoms with Crippen molar-refractivity contribution >= 4 is 21.5 Å². The Bertz CT molecular complexity index is 2720. The van der Waals surface area contributed by atoms with E-state index in [0.717, 1.165) is 34.0 Å². The van der Waals surface area contributed by atoms with Crippen molar-refractivity contribution in [3.8, 4) is 84.0 Å². The number of aromatic nitrogens is 2. The number of rotatable bonds is 6. The van der Waals surface area contributed by atoms with E-state index in [9.17, 15) is 0 Å². The van der Waals surface area contributed by atoms with Crippen LogP contribution in [0.5, 0.6) is 5.75 Å². The largest absolute Gasteiger partial charge is 0.496 e. The predicted molar refractivity (Wildman–Crippen MR) is 215 cm³/mol. The molecule has 0 radical (unpaired) electrons. The van der Waals surface area contributed by atoms with Gasteiger partial charge in [-0.05, 0) is 114 Å². The van der Waals surface area contributed by atoms with Gasteiger partial charge in [-0.1, -0.05) is 133 Å². The van der Waals surface area contributed by atoms with Crippen molar-refractivity contribution in [1.82, 2.24) is 9.97 Å². The maximum Gasteiger partial charge on any atom is 0.128 e. The molecular formula is C49H32N2O. The van der Waals surface area contributed by atoms with Crippen molar-refractivity contribution in [3.63, 3.8) is 0 Å². The number of benzene rings is 7. The first kappa shape index (κ1) is 30.0. The average Bonchev–Trinajstić information content (AvgIpc) is 3.55. The Balaban J connectivity index is 1.20. The van der Waals surface area contributed by atoms with Crippen molar-refractivity contribution in [3.05, 3.63) is 176 Å². The van der Waals surface area contributed by atoms with E-state index in [2.05, 4.69) is 138 Å².